The van der Waals surface area contributed by atoms with E-state index >= 15 is 0 Å². The second kappa shape index (κ2) is 6.37. The maximum atomic E-state index is 13.0. The first-order valence-corrected chi connectivity index (χ1v) is 9.50. The van der Waals surface area contributed by atoms with E-state index in [1.807, 2.05) is 56.3 Å². The lowest BCUT2D eigenvalue weighted by atomic mass is 10.1. The summed E-state index contributed by atoms with van der Waals surface area (Å²) in [5.41, 5.74) is 4.42. The Balaban J connectivity index is 2.07. The summed E-state index contributed by atoms with van der Waals surface area (Å²) in [6.45, 7) is 7.34. The van der Waals surface area contributed by atoms with Gasteiger partial charge in [-0.1, -0.05) is 30.3 Å². The summed E-state index contributed by atoms with van der Waals surface area (Å²) >= 11 is 0. The van der Waals surface area contributed by atoms with Crippen molar-refractivity contribution in [3.8, 4) is 5.69 Å². The lowest BCUT2D eigenvalue weighted by Crippen LogP contribution is -2.16. The van der Waals surface area contributed by atoms with Crippen LogP contribution < -0.4 is 4.72 Å². The molecule has 3 rings (SSSR count). The molecule has 0 bridgehead atoms. The Hall–Kier alpha value is -2.60. The predicted molar refractivity (Wildman–Crippen MR) is 99.8 cm³/mol. The third kappa shape index (κ3) is 3.17. The third-order valence-electron chi connectivity index (χ3n) is 4.34. The Bertz CT molecular complexity index is 1020. The van der Waals surface area contributed by atoms with Gasteiger partial charge in [0.1, 0.15) is 4.90 Å². The van der Waals surface area contributed by atoms with E-state index in [1.165, 1.54) is 0 Å². The van der Waals surface area contributed by atoms with Crippen LogP contribution in [0.25, 0.3) is 5.69 Å². The maximum Gasteiger partial charge on any atom is 0.265 e. The summed E-state index contributed by atoms with van der Waals surface area (Å²) in [6.07, 6.45) is 0. The van der Waals surface area contributed by atoms with E-state index in [-0.39, 0.29) is 4.90 Å². The molecule has 1 N–H and O–H groups in total. The molecule has 0 saturated carbocycles. The van der Waals surface area contributed by atoms with Gasteiger partial charge in [0.15, 0.2) is 0 Å². The van der Waals surface area contributed by atoms with Crippen molar-refractivity contribution in [2.75, 3.05) is 4.72 Å². The van der Waals surface area contributed by atoms with Crippen LogP contribution in [0.5, 0.6) is 0 Å². The highest BCUT2D eigenvalue weighted by Crippen LogP contribution is 2.26. The number of anilines is 1. The van der Waals surface area contributed by atoms with Crippen molar-refractivity contribution in [1.82, 2.24) is 9.78 Å². The number of hydrogen-bond acceptors (Lipinski definition) is 3. The minimum Gasteiger partial charge on any atom is -0.279 e. The van der Waals surface area contributed by atoms with E-state index in [9.17, 15) is 8.42 Å². The fourth-order valence-electron chi connectivity index (χ4n) is 2.90. The number of aromatic nitrogens is 2. The monoisotopic (exact) mass is 355 g/mol. The van der Waals surface area contributed by atoms with Gasteiger partial charge in [0.25, 0.3) is 10.0 Å². The number of nitrogens with one attached hydrogen (secondary N) is 1. The van der Waals surface area contributed by atoms with Crippen LogP contribution in [0.4, 0.5) is 5.69 Å². The Morgan fingerprint density at radius 2 is 1.60 bits per heavy atom. The lowest BCUT2D eigenvalue weighted by molar-refractivity contribution is 0.600. The summed E-state index contributed by atoms with van der Waals surface area (Å²) in [4.78, 5) is 0.220. The van der Waals surface area contributed by atoms with Crippen LogP contribution >= 0.6 is 0 Å². The summed E-state index contributed by atoms with van der Waals surface area (Å²) < 4.78 is 30.3. The van der Waals surface area contributed by atoms with Crippen molar-refractivity contribution < 1.29 is 8.42 Å². The molecule has 1 aromatic heterocycles. The Labute approximate surface area is 148 Å². The second-order valence-corrected chi connectivity index (χ2v) is 7.72. The van der Waals surface area contributed by atoms with E-state index in [2.05, 4.69) is 9.82 Å². The van der Waals surface area contributed by atoms with E-state index in [0.717, 1.165) is 16.8 Å². The molecular weight excluding hydrogens is 334 g/mol. The van der Waals surface area contributed by atoms with Crippen molar-refractivity contribution in [3.63, 3.8) is 0 Å². The van der Waals surface area contributed by atoms with Crippen molar-refractivity contribution in [1.29, 1.82) is 0 Å². The van der Waals surface area contributed by atoms with Crippen LogP contribution in [0, 0.1) is 27.7 Å². The van der Waals surface area contributed by atoms with E-state index in [1.54, 1.807) is 24.6 Å². The summed E-state index contributed by atoms with van der Waals surface area (Å²) in [5, 5.41) is 4.43. The van der Waals surface area contributed by atoms with E-state index in [4.69, 9.17) is 0 Å². The molecule has 5 nitrogen and oxygen atoms in total. The van der Waals surface area contributed by atoms with Gasteiger partial charge < -0.3 is 0 Å². The molecule has 0 radical (unpaired) electrons. The minimum absolute atomic E-state index is 0.220. The molecular formula is C19H21N3O2S. The Kier molecular flexibility index (Phi) is 4.39. The second-order valence-electron chi connectivity index (χ2n) is 6.10. The molecule has 0 amide bonds. The first kappa shape index (κ1) is 17.2. The SMILES string of the molecule is Cc1cccc(NS(=O)(=O)c2c(C)nn(-c3ccccc3)c2C)c1C. The van der Waals surface area contributed by atoms with E-state index in [0.29, 0.717) is 17.1 Å². The molecule has 0 fully saturated rings. The number of nitrogens with zero attached hydrogens (tertiary/aromatic N) is 2. The number of sulfonamides is 1. The Morgan fingerprint density at radius 3 is 2.28 bits per heavy atom. The topological polar surface area (TPSA) is 64.0 Å². The fourth-order valence-corrected chi connectivity index (χ4v) is 4.41. The molecule has 1 heterocycles. The van der Waals surface area contributed by atoms with Crippen LogP contribution in [-0.4, -0.2) is 18.2 Å². The molecule has 3 aromatic rings. The number of rotatable bonds is 4. The molecule has 0 spiro atoms. The fraction of sp³-hybridized carbons (Fsp3) is 0.211. The number of benzene rings is 2. The summed E-state index contributed by atoms with van der Waals surface area (Å²) in [6, 6.07) is 15.1. The maximum absolute atomic E-state index is 13.0. The molecule has 130 valence electrons. The standard InChI is InChI=1S/C19H21N3O2S/c1-13-9-8-12-18(14(13)2)21-25(23,24)19-15(3)20-22(16(19)4)17-10-6-5-7-11-17/h5-12,21H,1-4H3. The molecule has 2 aromatic carbocycles. The quantitative estimate of drug-likeness (QED) is 0.772. The van der Waals surface area contributed by atoms with Gasteiger partial charge in [-0.2, -0.15) is 5.10 Å². The lowest BCUT2D eigenvalue weighted by Gasteiger charge is -2.12. The van der Waals surface area contributed by atoms with Gasteiger partial charge in [-0.15, -0.1) is 0 Å². The van der Waals surface area contributed by atoms with Gasteiger partial charge in [-0.3, -0.25) is 4.72 Å². The normalized spacial score (nSPS) is 11.5. The molecule has 6 heteroatoms. The zero-order valence-corrected chi connectivity index (χ0v) is 15.6. The van der Waals surface area contributed by atoms with Gasteiger partial charge in [0.05, 0.1) is 22.8 Å². The molecule has 0 aliphatic heterocycles. The zero-order chi connectivity index (χ0) is 18.2. The summed E-state index contributed by atoms with van der Waals surface area (Å²) in [7, 11) is -3.73. The van der Waals surface area contributed by atoms with E-state index < -0.39 is 10.0 Å². The van der Waals surface area contributed by atoms with Crippen molar-refractivity contribution in [3.05, 3.63) is 71.0 Å². The molecule has 0 unspecified atom stereocenters. The van der Waals surface area contributed by atoms with Crippen molar-refractivity contribution in [2.24, 2.45) is 0 Å². The van der Waals surface area contributed by atoms with Crippen molar-refractivity contribution >= 4 is 15.7 Å². The predicted octanol–water partition coefficient (Wildman–Crippen LogP) is 3.91. The first-order chi connectivity index (χ1) is 11.8. The Morgan fingerprint density at radius 1 is 0.920 bits per heavy atom. The van der Waals surface area contributed by atoms with Crippen LogP contribution in [-0.2, 0) is 10.0 Å². The number of aryl methyl sites for hydroxylation is 2. The van der Waals surface area contributed by atoms with Gasteiger partial charge in [-0.25, -0.2) is 13.1 Å². The first-order valence-electron chi connectivity index (χ1n) is 8.02. The van der Waals surface area contributed by atoms with Gasteiger partial charge in [0, 0.05) is 0 Å². The smallest absolute Gasteiger partial charge is 0.265 e. The highest BCUT2D eigenvalue weighted by Gasteiger charge is 2.25. The molecule has 0 aliphatic carbocycles. The molecule has 0 saturated heterocycles. The van der Waals surface area contributed by atoms with Crippen molar-refractivity contribution in [2.45, 2.75) is 32.6 Å². The molecule has 0 aliphatic rings. The third-order valence-corrected chi connectivity index (χ3v) is 5.96. The number of hydrogen-bond donors (Lipinski definition) is 1. The zero-order valence-electron chi connectivity index (χ0n) is 14.7. The highest BCUT2D eigenvalue weighted by molar-refractivity contribution is 7.92. The largest absolute Gasteiger partial charge is 0.279 e. The molecule has 0 atom stereocenters. The highest BCUT2D eigenvalue weighted by atomic mass is 32.2. The average molecular weight is 355 g/mol. The van der Waals surface area contributed by atoms with Crippen LogP contribution in [0.3, 0.4) is 0 Å². The van der Waals surface area contributed by atoms with Crippen LogP contribution in [0.1, 0.15) is 22.5 Å². The minimum atomic E-state index is -3.73. The van der Waals surface area contributed by atoms with Crippen LogP contribution in [0.2, 0.25) is 0 Å². The van der Waals surface area contributed by atoms with Gasteiger partial charge in [-0.05, 0) is 57.0 Å². The van der Waals surface area contributed by atoms with Gasteiger partial charge >= 0.3 is 0 Å². The molecule has 25 heavy (non-hydrogen) atoms. The average Bonchev–Trinajstić information content (AvgIpc) is 2.88. The van der Waals surface area contributed by atoms with Gasteiger partial charge in [0.2, 0.25) is 0 Å². The summed E-state index contributed by atoms with van der Waals surface area (Å²) in [5.74, 6) is 0. The van der Waals surface area contributed by atoms with Crippen LogP contribution in [0.15, 0.2) is 53.4 Å². The number of para-hydroxylation sites is 1.